The van der Waals surface area contributed by atoms with Crippen molar-refractivity contribution in [3.8, 4) is 0 Å². The molecule has 0 aliphatic carbocycles. The van der Waals surface area contributed by atoms with E-state index in [1.807, 2.05) is 38.7 Å². The van der Waals surface area contributed by atoms with Crippen molar-refractivity contribution in [2.45, 2.75) is 84.5 Å². The van der Waals surface area contributed by atoms with Gasteiger partial charge in [0.15, 0.2) is 0 Å². The monoisotopic (exact) mass is 389 g/mol. The number of nitrogens with zero attached hydrogens (tertiary/aromatic N) is 3. The van der Waals surface area contributed by atoms with Crippen molar-refractivity contribution < 1.29 is 14.3 Å². The number of hydrogen-bond acceptors (Lipinski definition) is 5. The molecule has 3 heterocycles. The van der Waals surface area contributed by atoms with E-state index in [1.54, 1.807) is 0 Å². The van der Waals surface area contributed by atoms with Crippen LogP contribution in [-0.2, 0) is 15.9 Å². The van der Waals surface area contributed by atoms with Crippen LogP contribution in [0.4, 0.5) is 10.6 Å². The maximum atomic E-state index is 13.3. The molecule has 156 valence electrons. The molecule has 2 aliphatic rings. The van der Waals surface area contributed by atoms with Gasteiger partial charge in [-0.05, 0) is 79.4 Å². The number of hydrogen-bond donors (Lipinski definition) is 0. The van der Waals surface area contributed by atoms with E-state index in [1.165, 1.54) is 0 Å². The lowest BCUT2D eigenvalue weighted by atomic mass is 9.84. The van der Waals surface area contributed by atoms with Crippen LogP contribution in [0.25, 0.3) is 0 Å². The fraction of sp³-hybridized carbons (Fsp3) is 0.727. The van der Waals surface area contributed by atoms with Crippen molar-refractivity contribution in [1.29, 1.82) is 0 Å². The maximum absolute atomic E-state index is 13.3. The zero-order chi connectivity index (χ0) is 20.7. The third-order valence-electron chi connectivity index (χ3n) is 5.31. The minimum Gasteiger partial charge on any atom is -0.443 e. The number of anilines is 1. The molecule has 1 amide bonds. The average molecular weight is 390 g/mol. The van der Waals surface area contributed by atoms with E-state index in [2.05, 4.69) is 31.7 Å². The Kier molecular flexibility index (Phi) is 5.49. The maximum Gasteiger partial charge on any atom is 0.416 e. The van der Waals surface area contributed by atoms with E-state index >= 15 is 0 Å². The lowest BCUT2D eigenvalue weighted by molar-refractivity contribution is -0.0583. The SMILES string of the molecule is Cc1ccc2c(n1)N(C(=O)OC(C)(C)C)C1(CC2)CCN(COC(C)(C)C)C1. The van der Waals surface area contributed by atoms with Crippen LogP contribution in [-0.4, -0.2) is 52.5 Å². The number of aromatic nitrogens is 1. The molecule has 1 unspecified atom stereocenters. The first-order chi connectivity index (χ1) is 12.9. The van der Waals surface area contributed by atoms with Gasteiger partial charge in [0.05, 0.1) is 17.9 Å². The van der Waals surface area contributed by atoms with Gasteiger partial charge < -0.3 is 9.47 Å². The van der Waals surface area contributed by atoms with E-state index < -0.39 is 5.60 Å². The Morgan fingerprint density at radius 3 is 2.50 bits per heavy atom. The summed E-state index contributed by atoms with van der Waals surface area (Å²) in [5.41, 5.74) is 1.00. The van der Waals surface area contributed by atoms with E-state index in [0.29, 0.717) is 6.73 Å². The highest BCUT2D eigenvalue weighted by Crippen LogP contribution is 2.42. The van der Waals surface area contributed by atoms with E-state index in [-0.39, 0.29) is 17.2 Å². The van der Waals surface area contributed by atoms with Gasteiger partial charge in [0, 0.05) is 18.8 Å². The molecule has 3 rings (SSSR count). The molecule has 0 saturated carbocycles. The lowest BCUT2D eigenvalue weighted by Crippen LogP contribution is -2.58. The Labute approximate surface area is 169 Å². The fourth-order valence-electron chi connectivity index (χ4n) is 3.97. The number of amides is 1. The molecule has 1 aromatic rings. The number of ether oxygens (including phenoxy) is 2. The van der Waals surface area contributed by atoms with Crippen molar-refractivity contribution >= 4 is 11.9 Å². The molecular weight excluding hydrogens is 354 g/mol. The van der Waals surface area contributed by atoms with E-state index in [4.69, 9.17) is 14.5 Å². The van der Waals surface area contributed by atoms with Crippen LogP contribution in [0.15, 0.2) is 12.1 Å². The lowest BCUT2D eigenvalue weighted by Gasteiger charge is -2.45. The Morgan fingerprint density at radius 2 is 1.86 bits per heavy atom. The van der Waals surface area contributed by atoms with Crippen molar-refractivity contribution in [3.05, 3.63) is 23.4 Å². The van der Waals surface area contributed by atoms with Crippen molar-refractivity contribution in [2.24, 2.45) is 0 Å². The fourth-order valence-corrected chi connectivity index (χ4v) is 3.97. The van der Waals surface area contributed by atoms with Gasteiger partial charge in [0.25, 0.3) is 0 Å². The molecule has 2 aliphatic heterocycles. The molecule has 1 saturated heterocycles. The standard InChI is InChI=1S/C22H35N3O3/c1-16-8-9-17-10-11-22(12-13-24(14-22)15-27-20(2,3)4)25(18(17)23-16)19(26)28-21(5,6)7/h8-9H,10-15H2,1-7H3. The summed E-state index contributed by atoms with van der Waals surface area (Å²) >= 11 is 0. The van der Waals surface area contributed by atoms with Crippen LogP contribution in [0.1, 0.15) is 65.6 Å². The van der Waals surface area contributed by atoms with Crippen LogP contribution in [0.3, 0.4) is 0 Å². The predicted octanol–water partition coefficient (Wildman–Crippen LogP) is 4.29. The minimum atomic E-state index is -0.548. The number of pyridine rings is 1. The number of rotatable bonds is 2. The topological polar surface area (TPSA) is 54.9 Å². The summed E-state index contributed by atoms with van der Waals surface area (Å²) in [6, 6.07) is 4.11. The molecule has 28 heavy (non-hydrogen) atoms. The van der Waals surface area contributed by atoms with Gasteiger partial charge in [-0.2, -0.15) is 0 Å². The zero-order valence-corrected chi connectivity index (χ0v) is 18.5. The van der Waals surface area contributed by atoms with Gasteiger partial charge >= 0.3 is 6.09 Å². The van der Waals surface area contributed by atoms with Gasteiger partial charge in [0.1, 0.15) is 11.4 Å². The highest BCUT2D eigenvalue weighted by atomic mass is 16.6. The smallest absolute Gasteiger partial charge is 0.416 e. The van der Waals surface area contributed by atoms with Crippen LogP contribution in [0, 0.1) is 6.92 Å². The molecule has 0 aromatic carbocycles. The Balaban J connectivity index is 1.90. The highest BCUT2D eigenvalue weighted by molar-refractivity contribution is 5.90. The molecule has 0 radical (unpaired) electrons. The molecule has 1 spiro atoms. The summed E-state index contributed by atoms with van der Waals surface area (Å²) in [4.78, 5) is 22.2. The second-order valence-corrected chi connectivity index (χ2v) is 10.2. The third-order valence-corrected chi connectivity index (χ3v) is 5.31. The van der Waals surface area contributed by atoms with Crippen LogP contribution >= 0.6 is 0 Å². The van der Waals surface area contributed by atoms with Crippen molar-refractivity contribution in [1.82, 2.24) is 9.88 Å². The predicted molar refractivity (Wildman–Crippen MR) is 111 cm³/mol. The number of fused-ring (bicyclic) bond motifs is 1. The van der Waals surface area contributed by atoms with Gasteiger partial charge in [-0.25, -0.2) is 9.78 Å². The van der Waals surface area contributed by atoms with E-state index in [9.17, 15) is 4.79 Å². The zero-order valence-electron chi connectivity index (χ0n) is 18.5. The largest absolute Gasteiger partial charge is 0.443 e. The second-order valence-electron chi connectivity index (χ2n) is 10.2. The number of aryl methyl sites for hydroxylation is 2. The summed E-state index contributed by atoms with van der Waals surface area (Å²) < 4.78 is 11.8. The van der Waals surface area contributed by atoms with Gasteiger partial charge in [-0.1, -0.05) is 6.07 Å². The Hall–Kier alpha value is -1.66. The van der Waals surface area contributed by atoms with Gasteiger partial charge in [-0.3, -0.25) is 9.80 Å². The normalized spacial score (nSPS) is 23.2. The van der Waals surface area contributed by atoms with Crippen molar-refractivity contribution in [3.63, 3.8) is 0 Å². The number of carbonyl (C=O) groups excluding carboxylic acids is 1. The summed E-state index contributed by atoms with van der Waals surface area (Å²) in [5.74, 6) is 0.763. The molecule has 0 N–H and O–H groups in total. The molecule has 6 heteroatoms. The van der Waals surface area contributed by atoms with Gasteiger partial charge in [0.2, 0.25) is 0 Å². The van der Waals surface area contributed by atoms with Crippen LogP contribution in [0.2, 0.25) is 0 Å². The first-order valence-electron chi connectivity index (χ1n) is 10.2. The highest BCUT2D eigenvalue weighted by Gasteiger charge is 2.50. The molecule has 1 atom stereocenters. The Morgan fingerprint density at radius 1 is 1.14 bits per heavy atom. The molecular formula is C22H35N3O3. The average Bonchev–Trinajstić information content (AvgIpc) is 2.94. The van der Waals surface area contributed by atoms with Crippen LogP contribution in [0.5, 0.6) is 0 Å². The number of carbonyl (C=O) groups is 1. The minimum absolute atomic E-state index is 0.182. The van der Waals surface area contributed by atoms with Gasteiger partial charge in [-0.15, -0.1) is 0 Å². The molecule has 1 fully saturated rings. The molecule has 1 aromatic heterocycles. The Bertz CT molecular complexity index is 736. The molecule has 6 nitrogen and oxygen atoms in total. The summed E-state index contributed by atoms with van der Waals surface area (Å²) in [5, 5.41) is 0. The third kappa shape index (κ3) is 4.66. The summed E-state index contributed by atoms with van der Waals surface area (Å²) in [6.45, 7) is 16.1. The molecule has 0 bridgehead atoms. The second kappa shape index (κ2) is 7.30. The quantitative estimate of drug-likeness (QED) is 0.755. The summed E-state index contributed by atoms with van der Waals surface area (Å²) in [6.07, 6.45) is 2.44. The first-order valence-corrected chi connectivity index (χ1v) is 10.2. The number of likely N-dealkylation sites (tertiary alicyclic amines) is 1. The van der Waals surface area contributed by atoms with E-state index in [0.717, 1.165) is 49.4 Å². The van der Waals surface area contributed by atoms with Crippen LogP contribution < -0.4 is 4.90 Å². The van der Waals surface area contributed by atoms with Crippen molar-refractivity contribution in [2.75, 3.05) is 24.7 Å². The summed E-state index contributed by atoms with van der Waals surface area (Å²) in [7, 11) is 0. The first kappa shape index (κ1) is 21.1.